The van der Waals surface area contributed by atoms with Crippen molar-refractivity contribution in [3.05, 3.63) is 35.9 Å². The van der Waals surface area contributed by atoms with Gasteiger partial charge in [0, 0.05) is 29.4 Å². The largest absolute Gasteiger partial charge is 0.254 e. The molecule has 0 unspecified atom stereocenters. The number of pyridine rings is 1. The molecule has 3 rings (SSSR count). The molecule has 2 radical (unpaired) electrons. The van der Waals surface area contributed by atoms with Crippen LogP contribution in [0.2, 0.25) is 5.15 Å². The molecule has 1 aromatic carbocycles. The van der Waals surface area contributed by atoms with E-state index in [9.17, 15) is 0 Å². The molecule has 0 saturated heterocycles. The first-order valence-electron chi connectivity index (χ1n) is 4.70. The van der Waals surface area contributed by atoms with Gasteiger partial charge < -0.3 is 0 Å². The van der Waals surface area contributed by atoms with Crippen molar-refractivity contribution >= 4 is 46.7 Å². The highest BCUT2D eigenvalue weighted by atomic mass is 35.5. The Labute approximate surface area is 97.9 Å². The maximum absolute atomic E-state index is 5.90. The molecular weight excluding hydrogens is 220 g/mol. The lowest BCUT2D eigenvalue weighted by atomic mass is 9.92. The second-order valence-electron chi connectivity index (χ2n) is 3.45. The van der Waals surface area contributed by atoms with Crippen LogP contribution in [-0.2, 0) is 0 Å². The lowest BCUT2D eigenvalue weighted by molar-refractivity contribution is 1.30. The fourth-order valence-corrected chi connectivity index (χ4v) is 1.90. The van der Waals surface area contributed by atoms with Crippen LogP contribution in [0.4, 0.5) is 0 Å². The second kappa shape index (κ2) is 3.42. The molecular formula is C11H5BClN3. The van der Waals surface area contributed by atoms with Gasteiger partial charge in [0.05, 0.1) is 11.0 Å². The fourth-order valence-electron chi connectivity index (χ4n) is 1.74. The summed E-state index contributed by atoms with van der Waals surface area (Å²) >= 11 is 5.87. The number of fused-ring (bicyclic) bond motifs is 3. The summed E-state index contributed by atoms with van der Waals surface area (Å²) in [4.78, 5) is 12.5. The highest BCUT2D eigenvalue weighted by molar-refractivity contribution is 6.40. The first-order valence-corrected chi connectivity index (χ1v) is 5.08. The molecule has 0 spiro atoms. The van der Waals surface area contributed by atoms with Gasteiger partial charge in [0.1, 0.15) is 13.0 Å². The zero-order valence-electron chi connectivity index (χ0n) is 8.18. The summed E-state index contributed by atoms with van der Waals surface area (Å²) in [6.07, 6.45) is 4.94. The molecule has 2 heterocycles. The van der Waals surface area contributed by atoms with E-state index in [2.05, 4.69) is 15.0 Å². The summed E-state index contributed by atoms with van der Waals surface area (Å²) in [5, 5.41) is 2.26. The molecule has 0 aliphatic heterocycles. The quantitative estimate of drug-likeness (QED) is 0.332. The maximum atomic E-state index is 5.90. The van der Waals surface area contributed by atoms with E-state index in [0.29, 0.717) is 16.1 Å². The van der Waals surface area contributed by atoms with Crippen molar-refractivity contribution in [2.45, 2.75) is 0 Å². The van der Waals surface area contributed by atoms with Gasteiger partial charge >= 0.3 is 0 Å². The summed E-state index contributed by atoms with van der Waals surface area (Å²) in [6, 6.07) is 3.60. The SMILES string of the molecule is [B]c1cc2cnc(Cl)cc2c2nccnc12. The number of aromatic nitrogens is 3. The first kappa shape index (κ1) is 9.54. The summed E-state index contributed by atoms with van der Waals surface area (Å²) in [5.41, 5.74) is 2.04. The highest BCUT2D eigenvalue weighted by Gasteiger charge is 2.06. The van der Waals surface area contributed by atoms with Crippen LogP contribution in [-0.4, -0.2) is 22.8 Å². The van der Waals surface area contributed by atoms with Gasteiger partial charge in [-0.05, 0) is 6.07 Å². The number of rotatable bonds is 0. The third-order valence-electron chi connectivity index (χ3n) is 2.44. The van der Waals surface area contributed by atoms with Gasteiger partial charge in [-0.1, -0.05) is 23.1 Å². The molecule has 16 heavy (non-hydrogen) atoms. The molecule has 0 amide bonds. The normalized spacial score (nSPS) is 11.1. The van der Waals surface area contributed by atoms with Gasteiger partial charge in [-0.25, -0.2) is 4.98 Å². The second-order valence-corrected chi connectivity index (χ2v) is 3.83. The van der Waals surface area contributed by atoms with E-state index in [1.54, 1.807) is 24.7 Å². The third-order valence-corrected chi connectivity index (χ3v) is 2.65. The molecule has 3 nitrogen and oxygen atoms in total. The summed E-state index contributed by atoms with van der Waals surface area (Å²) in [6.45, 7) is 0. The molecule has 0 aliphatic carbocycles. The van der Waals surface area contributed by atoms with Gasteiger partial charge in [-0.15, -0.1) is 0 Å². The topological polar surface area (TPSA) is 38.7 Å². The summed E-state index contributed by atoms with van der Waals surface area (Å²) < 4.78 is 0. The van der Waals surface area contributed by atoms with Gasteiger partial charge in [0.2, 0.25) is 0 Å². The number of benzene rings is 1. The monoisotopic (exact) mass is 225 g/mol. The Morgan fingerprint density at radius 3 is 2.56 bits per heavy atom. The number of halogens is 1. The van der Waals surface area contributed by atoms with Gasteiger partial charge in [-0.2, -0.15) is 0 Å². The average molecular weight is 225 g/mol. The molecule has 0 N–H and O–H groups in total. The lowest BCUT2D eigenvalue weighted by Crippen LogP contribution is -2.06. The van der Waals surface area contributed by atoms with E-state index in [0.717, 1.165) is 16.3 Å². The molecule has 5 heteroatoms. The van der Waals surface area contributed by atoms with E-state index in [1.807, 2.05) is 6.07 Å². The van der Waals surface area contributed by atoms with Crippen LogP contribution in [0.25, 0.3) is 21.8 Å². The minimum atomic E-state index is 0.434. The van der Waals surface area contributed by atoms with E-state index < -0.39 is 0 Å². The highest BCUT2D eigenvalue weighted by Crippen LogP contribution is 2.22. The fraction of sp³-hybridized carbons (Fsp3) is 0. The van der Waals surface area contributed by atoms with Crippen molar-refractivity contribution in [3.63, 3.8) is 0 Å². The first-order chi connectivity index (χ1) is 7.75. The van der Waals surface area contributed by atoms with E-state index in [4.69, 9.17) is 19.4 Å². The minimum Gasteiger partial charge on any atom is -0.254 e. The van der Waals surface area contributed by atoms with Gasteiger partial charge in [0.25, 0.3) is 0 Å². The Morgan fingerprint density at radius 2 is 1.75 bits per heavy atom. The Hall–Kier alpha value is -1.68. The molecule has 3 aromatic rings. The smallest absolute Gasteiger partial charge is 0.129 e. The van der Waals surface area contributed by atoms with Crippen LogP contribution in [0.5, 0.6) is 0 Å². The molecule has 74 valence electrons. The van der Waals surface area contributed by atoms with E-state index in [1.165, 1.54) is 0 Å². The molecule has 2 aromatic heterocycles. The van der Waals surface area contributed by atoms with Crippen LogP contribution >= 0.6 is 11.6 Å². The van der Waals surface area contributed by atoms with Gasteiger partial charge in [0.15, 0.2) is 0 Å². The van der Waals surface area contributed by atoms with Crippen molar-refractivity contribution in [1.29, 1.82) is 0 Å². The van der Waals surface area contributed by atoms with Crippen molar-refractivity contribution < 1.29 is 0 Å². The van der Waals surface area contributed by atoms with Crippen molar-refractivity contribution in [2.24, 2.45) is 0 Å². The molecule has 0 bridgehead atoms. The zero-order valence-corrected chi connectivity index (χ0v) is 8.94. The average Bonchev–Trinajstić information content (AvgIpc) is 2.31. The van der Waals surface area contributed by atoms with Crippen molar-refractivity contribution in [1.82, 2.24) is 15.0 Å². The lowest BCUT2D eigenvalue weighted by Gasteiger charge is -2.05. The van der Waals surface area contributed by atoms with Crippen LogP contribution in [0.1, 0.15) is 0 Å². The summed E-state index contributed by atoms with van der Waals surface area (Å²) in [7, 11) is 5.90. The Morgan fingerprint density at radius 1 is 1.00 bits per heavy atom. The Bertz CT molecular complexity index is 699. The number of hydrogen-bond donors (Lipinski definition) is 0. The van der Waals surface area contributed by atoms with Crippen molar-refractivity contribution in [2.75, 3.05) is 0 Å². The third kappa shape index (κ3) is 1.34. The number of nitrogens with zero attached hydrogens (tertiary/aromatic N) is 3. The standard InChI is InChI=1S/C11H5BClN3/c12-8-3-6-5-16-9(13)4-7(6)10-11(8)15-2-1-14-10/h1-5H. The Balaban J connectivity index is 2.61. The number of hydrogen-bond acceptors (Lipinski definition) is 3. The zero-order chi connectivity index (χ0) is 11.1. The predicted molar refractivity (Wildman–Crippen MR) is 65.2 cm³/mol. The van der Waals surface area contributed by atoms with Crippen LogP contribution in [0.3, 0.4) is 0 Å². The molecule has 0 atom stereocenters. The predicted octanol–water partition coefficient (Wildman–Crippen LogP) is 1.63. The maximum Gasteiger partial charge on any atom is 0.129 e. The van der Waals surface area contributed by atoms with E-state index in [-0.39, 0.29) is 0 Å². The van der Waals surface area contributed by atoms with Crippen LogP contribution < -0.4 is 5.46 Å². The Kier molecular flexibility index (Phi) is 2.04. The van der Waals surface area contributed by atoms with E-state index >= 15 is 0 Å². The summed E-state index contributed by atoms with van der Waals surface area (Å²) in [5.74, 6) is 0. The molecule has 0 aliphatic rings. The van der Waals surface area contributed by atoms with Crippen LogP contribution in [0, 0.1) is 0 Å². The molecule has 0 fully saturated rings. The van der Waals surface area contributed by atoms with Gasteiger partial charge in [-0.3, -0.25) is 9.97 Å². The van der Waals surface area contributed by atoms with Crippen LogP contribution in [0.15, 0.2) is 30.7 Å². The van der Waals surface area contributed by atoms with Crippen molar-refractivity contribution in [3.8, 4) is 0 Å². The minimum absolute atomic E-state index is 0.434. The molecule has 0 saturated carbocycles.